The molecule has 2 aromatic rings. The summed E-state index contributed by atoms with van der Waals surface area (Å²) in [4.78, 5) is 12.0. The van der Waals surface area contributed by atoms with Crippen molar-refractivity contribution >= 4 is 31.6 Å². The summed E-state index contributed by atoms with van der Waals surface area (Å²) >= 11 is 0. The maximum atomic E-state index is 13.4. The number of carbonyl (C=O) groups excluding carboxylic acids is 1. The van der Waals surface area contributed by atoms with Gasteiger partial charge in [0.25, 0.3) is 0 Å². The van der Waals surface area contributed by atoms with Gasteiger partial charge in [0, 0.05) is 18.8 Å². The Kier molecular flexibility index (Phi) is 8.25. The number of hydrogen-bond acceptors (Lipinski definition) is 5. The molecule has 1 fully saturated rings. The summed E-state index contributed by atoms with van der Waals surface area (Å²) in [5, 5.41) is 2.53. The standard InChI is InChI=1S/C22H26F3N3O5S2/c1-2-3-14-26-34(30,31)17-12-10-16(11-13-17)27-21(29)19-8-6-15-28(19)35(32,33)20-9-5-4-7-18(20)22(23,24)25/h4-5,7,9-13,19,26H,2-3,6,8,14-15H2,1H3,(H,27,29). The Balaban J connectivity index is 1.77. The van der Waals surface area contributed by atoms with Crippen molar-refractivity contribution in [2.24, 2.45) is 0 Å². The fraction of sp³-hybridized carbons (Fsp3) is 0.409. The van der Waals surface area contributed by atoms with Gasteiger partial charge in [-0.2, -0.15) is 17.5 Å². The van der Waals surface area contributed by atoms with Gasteiger partial charge >= 0.3 is 6.18 Å². The number of alkyl halides is 3. The molecule has 1 amide bonds. The quantitative estimate of drug-likeness (QED) is 0.479. The number of anilines is 1. The molecule has 0 spiro atoms. The second-order valence-electron chi connectivity index (χ2n) is 8.03. The molecule has 1 heterocycles. The number of hydrogen-bond donors (Lipinski definition) is 2. The lowest BCUT2D eigenvalue weighted by Crippen LogP contribution is -2.43. The van der Waals surface area contributed by atoms with Crippen LogP contribution in [-0.4, -0.2) is 46.2 Å². The average Bonchev–Trinajstić information content (AvgIpc) is 3.30. The van der Waals surface area contributed by atoms with Crippen molar-refractivity contribution in [1.29, 1.82) is 0 Å². The molecule has 0 saturated carbocycles. The van der Waals surface area contributed by atoms with E-state index >= 15 is 0 Å². The van der Waals surface area contributed by atoms with Gasteiger partial charge in [0.15, 0.2) is 0 Å². The molecule has 0 aromatic heterocycles. The Labute approximate surface area is 202 Å². The summed E-state index contributed by atoms with van der Waals surface area (Å²) in [7, 11) is -8.32. The van der Waals surface area contributed by atoms with Crippen LogP contribution in [0.3, 0.4) is 0 Å². The number of benzene rings is 2. The van der Waals surface area contributed by atoms with Crippen molar-refractivity contribution < 1.29 is 34.8 Å². The van der Waals surface area contributed by atoms with E-state index in [2.05, 4.69) is 10.0 Å². The predicted octanol–water partition coefficient (Wildman–Crippen LogP) is 3.58. The SMILES string of the molecule is CCCCNS(=O)(=O)c1ccc(NC(=O)C2CCCN2S(=O)(=O)c2ccccc2C(F)(F)F)cc1. The second kappa shape index (κ2) is 10.6. The third kappa shape index (κ3) is 6.21. The normalized spacial score (nSPS) is 17.4. The average molecular weight is 534 g/mol. The first kappa shape index (κ1) is 27.1. The summed E-state index contributed by atoms with van der Waals surface area (Å²) in [6.07, 6.45) is -2.95. The van der Waals surface area contributed by atoms with Gasteiger partial charge in [-0.05, 0) is 55.7 Å². The number of nitrogens with one attached hydrogen (secondary N) is 2. The monoisotopic (exact) mass is 533 g/mol. The highest BCUT2D eigenvalue weighted by molar-refractivity contribution is 7.89. The van der Waals surface area contributed by atoms with E-state index in [9.17, 15) is 34.8 Å². The van der Waals surface area contributed by atoms with Gasteiger partial charge < -0.3 is 5.32 Å². The Hall–Kier alpha value is -2.48. The van der Waals surface area contributed by atoms with Crippen LogP contribution in [0.15, 0.2) is 58.3 Å². The molecule has 8 nitrogen and oxygen atoms in total. The highest BCUT2D eigenvalue weighted by Gasteiger charge is 2.44. The Morgan fingerprint density at radius 2 is 1.71 bits per heavy atom. The number of halogens is 3. The number of amides is 1. The van der Waals surface area contributed by atoms with Crippen LogP contribution in [-0.2, 0) is 31.0 Å². The number of carbonyl (C=O) groups is 1. The van der Waals surface area contributed by atoms with E-state index in [1.165, 1.54) is 30.3 Å². The molecule has 0 radical (unpaired) electrons. The van der Waals surface area contributed by atoms with Crippen LogP contribution >= 0.6 is 0 Å². The van der Waals surface area contributed by atoms with Gasteiger partial charge in [-0.15, -0.1) is 0 Å². The number of unbranched alkanes of at least 4 members (excludes halogenated alkanes) is 1. The van der Waals surface area contributed by atoms with Crippen molar-refractivity contribution in [1.82, 2.24) is 9.03 Å². The summed E-state index contributed by atoms with van der Waals surface area (Å²) < 4.78 is 94.2. The van der Waals surface area contributed by atoms with Gasteiger partial charge in [-0.3, -0.25) is 4.79 Å². The number of nitrogens with zero attached hydrogens (tertiary/aromatic N) is 1. The minimum atomic E-state index is -4.88. The van der Waals surface area contributed by atoms with Crippen LogP contribution < -0.4 is 10.0 Å². The Bertz CT molecular complexity index is 1260. The highest BCUT2D eigenvalue weighted by atomic mass is 32.2. The molecule has 192 valence electrons. The minimum Gasteiger partial charge on any atom is -0.325 e. The zero-order chi connectivity index (χ0) is 25.9. The second-order valence-corrected chi connectivity index (χ2v) is 11.7. The van der Waals surface area contributed by atoms with Crippen molar-refractivity contribution in [2.45, 2.75) is 54.6 Å². The first-order valence-corrected chi connectivity index (χ1v) is 13.9. The van der Waals surface area contributed by atoms with Crippen molar-refractivity contribution in [3.05, 3.63) is 54.1 Å². The van der Waals surface area contributed by atoms with Crippen molar-refractivity contribution in [2.75, 3.05) is 18.4 Å². The molecule has 2 aromatic carbocycles. The summed E-state index contributed by atoms with van der Waals surface area (Å²) in [5.41, 5.74) is -1.07. The molecule has 13 heteroatoms. The molecule has 0 aliphatic carbocycles. The van der Waals surface area contributed by atoms with Gasteiger partial charge in [0.2, 0.25) is 26.0 Å². The Morgan fingerprint density at radius 3 is 2.34 bits per heavy atom. The summed E-state index contributed by atoms with van der Waals surface area (Å²) in [6.45, 7) is 2.12. The maximum Gasteiger partial charge on any atom is 0.417 e. The molecule has 35 heavy (non-hydrogen) atoms. The Morgan fingerprint density at radius 1 is 1.06 bits per heavy atom. The molecule has 1 aliphatic heterocycles. The van der Waals surface area contributed by atoms with Crippen LogP contribution in [0.25, 0.3) is 0 Å². The first-order chi connectivity index (χ1) is 16.4. The third-order valence-electron chi connectivity index (χ3n) is 5.54. The number of rotatable bonds is 9. The lowest BCUT2D eigenvalue weighted by molar-refractivity contribution is -0.139. The van der Waals surface area contributed by atoms with E-state index in [1.54, 1.807) is 0 Å². The van der Waals surface area contributed by atoms with E-state index in [0.29, 0.717) is 25.5 Å². The van der Waals surface area contributed by atoms with Crippen LogP contribution in [0.1, 0.15) is 38.2 Å². The molecule has 1 aliphatic rings. The van der Waals surface area contributed by atoms with E-state index in [4.69, 9.17) is 0 Å². The summed E-state index contributed by atoms with van der Waals surface area (Å²) in [6, 6.07) is 7.96. The largest absolute Gasteiger partial charge is 0.417 e. The highest BCUT2D eigenvalue weighted by Crippen LogP contribution is 2.37. The van der Waals surface area contributed by atoms with Crippen LogP contribution in [0.2, 0.25) is 0 Å². The number of sulfonamides is 2. The first-order valence-electron chi connectivity index (χ1n) is 11.0. The van der Waals surface area contributed by atoms with Crippen LogP contribution in [0.5, 0.6) is 0 Å². The zero-order valence-electron chi connectivity index (χ0n) is 18.9. The van der Waals surface area contributed by atoms with Gasteiger partial charge in [0.1, 0.15) is 6.04 Å². The van der Waals surface area contributed by atoms with Crippen LogP contribution in [0.4, 0.5) is 18.9 Å². The smallest absolute Gasteiger partial charge is 0.325 e. The van der Waals surface area contributed by atoms with Gasteiger partial charge in [0.05, 0.1) is 15.4 Å². The summed E-state index contributed by atoms with van der Waals surface area (Å²) in [5.74, 6) is -0.716. The lowest BCUT2D eigenvalue weighted by atomic mass is 10.2. The molecular weight excluding hydrogens is 507 g/mol. The van der Waals surface area contributed by atoms with E-state index in [0.717, 1.165) is 22.9 Å². The predicted molar refractivity (Wildman–Crippen MR) is 124 cm³/mol. The van der Waals surface area contributed by atoms with E-state index < -0.39 is 48.6 Å². The molecule has 0 bridgehead atoms. The molecule has 1 saturated heterocycles. The van der Waals surface area contributed by atoms with Crippen molar-refractivity contribution in [3.8, 4) is 0 Å². The fourth-order valence-corrected chi connectivity index (χ4v) is 6.70. The van der Waals surface area contributed by atoms with Crippen molar-refractivity contribution in [3.63, 3.8) is 0 Å². The fourth-order valence-electron chi connectivity index (χ4n) is 3.75. The molecule has 2 N–H and O–H groups in total. The molecule has 1 atom stereocenters. The lowest BCUT2D eigenvalue weighted by Gasteiger charge is -2.25. The van der Waals surface area contributed by atoms with E-state index in [1.807, 2.05) is 6.92 Å². The molecule has 3 rings (SSSR count). The van der Waals surface area contributed by atoms with Crippen LogP contribution in [0, 0.1) is 0 Å². The topological polar surface area (TPSA) is 113 Å². The van der Waals surface area contributed by atoms with Gasteiger partial charge in [-0.25, -0.2) is 21.6 Å². The third-order valence-corrected chi connectivity index (χ3v) is 8.98. The molecular formula is C22H26F3N3O5S2. The minimum absolute atomic E-state index is 0.000399. The van der Waals surface area contributed by atoms with Gasteiger partial charge in [-0.1, -0.05) is 25.5 Å². The molecule has 1 unspecified atom stereocenters. The maximum absolute atomic E-state index is 13.4. The zero-order valence-corrected chi connectivity index (χ0v) is 20.5. The van der Waals surface area contributed by atoms with E-state index in [-0.39, 0.29) is 23.5 Å².